The average molecular weight is 458 g/mol. The van der Waals surface area contributed by atoms with Crippen LogP contribution >= 0.6 is 22.5 Å². The normalized spacial score (nSPS) is 13.9. The Labute approximate surface area is 200 Å². The Hall–Kier alpha value is 0.400. The minimum absolute atomic E-state index is 0.436. The summed E-state index contributed by atoms with van der Waals surface area (Å²) in [7, 11) is 1.73. The van der Waals surface area contributed by atoms with E-state index < -0.39 is 0 Å². The molecule has 0 aliphatic rings. The number of thiol groups is 1. The molecule has 0 saturated carbocycles. The predicted octanol–water partition coefficient (Wildman–Crippen LogP) is 10.0. The highest BCUT2D eigenvalue weighted by Gasteiger charge is 2.05. The highest BCUT2D eigenvalue weighted by atomic mass is 33.1. The van der Waals surface area contributed by atoms with Gasteiger partial charge in [-0.1, -0.05) is 120 Å². The van der Waals surface area contributed by atoms with Crippen LogP contribution in [-0.2, 0) is 0 Å². The van der Waals surface area contributed by atoms with E-state index in [4.69, 9.17) is 5.73 Å². The van der Waals surface area contributed by atoms with Crippen LogP contribution in [0.5, 0.6) is 0 Å². The third kappa shape index (κ3) is 23.1. The van der Waals surface area contributed by atoms with E-state index in [0.29, 0.717) is 6.04 Å². The van der Waals surface area contributed by atoms with E-state index in [9.17, 15) is 0 Å². The first kappa shape index (κ1) is 30.4. The molecule has 2 N–H and O–H groups in total. The molecule has 180 valence electrons. The van der Waals surface area contributed by atoms with Crippen LogP contribution < -0.4 is 5.73 Å². The third-order valence-electron chi connectivity index (χ3n) is 6.29. The van der Waals surface area contributed by atoms with Crippen LogP contribution in [0.25, 0.3) is 0 Å². The molecule has 0 aliphatic heterocycles. The molecule has 1 nitrogen and oxygen atoms in total. The molecule has 0 radical (unpaired) electrons. The molecule has 2 atom stereocenters. The van der Waals surface area contributed by atoms with E-state index >= 15 is 0 Å². The van der Waals surface area contributed by atoms with Gasteiger partial charge in [-0.3, -0.25) is 0 Å². The van der Waals surface area contributed by atoms with Gasteiger partial charge >= 0.3 is 0 Å². The third-order valence-corrected chi connectivity index (χ3v) is 8.05. The van der Waals surface area contributed by atoms with Crippen molar-refractivity contribution in [3.05, 3.63) is 12.2 Å². The predicted molar refractivity (Wildman–Crippen MR) is 146 cm³/mol. The van der Waals surface area contributed by atoms with Gasteiger partial charge in [0, 0.05) is 11.3 Å². The number of hydrogen-bond donors (Lipinski definition) is 2. The molecule has 0 spiro atoms. The topological polar surface area (TPSA) is 26.0 Å². The lowest BCUT2D eigenvalue weighted by Crippen LogP contribution is -2.19. The molecule has 3 heteroatoms. The Bertz CT molecular complexity index is 342. The van der Waals surface area contributed by atoms with E-state index in [1.54, 1.807) is 10.8 Å². The molecule has 0 rings (SSSR count). The molecular weight excluding hydrogens is 402 g/mol. The first-order valence-electron chi connectivity index (χ1n) is 13.4. The van der Waals surface area contributed by atoms with E-state index in [-0.39, 0.29) is 0 Å². The van der Waals surface area contributed by atoms with Gasteiger partial charge in [0.1, 0.15) is 0 Å². The lowest BCUT2D eigenvalue weighted by molar-refractivity contribution is 0.484. The lowest BCUT2D eigenvalue weighted by atomic mass is 10.0. The monoisotopic (exact) mass is 457 g/mol. The molecule has 30 heavy (non-hydrogen) atoms. The summed E-state index contributed by atoms with van der Waals surface area (Å²) in [6, 6.07) is 0.436. The second-order valence-corrected chi connectivity index (χ2v) is 10.8. The fraction of sp³-hybridized carbons (Fsp3) is 0.926. The summed E-state index contributed by atoms with van der Waals surface area (Å²) in [5, 5.41) is 0.747. The lowest BCUT2D eigenvalue weighted by Gasteiger charge is -2.12. The van der Waals surface area contributed by atoms with Crippen molar-refractivity contribution in [3.63, 3.8) is 0 Å². The Morgan fingerprint density at radius 3 is 1.53 bits per heavy atom. The quantitative estimate of drug-likeness (QED) is 0.0652. The fourth-order valence-corrected chi connectivity index (χ4v) is 5.27. The summed E-state index contributed by atoms with van der Waals surface area (Å²) in [6.07, 6.45) is 33.1. The summed E-state index contributed by atoms with van der Waals surface area (Å²) in [4.78, 5) is 0. The first-order valence-corrected chi connectivity index (χ1v) is 15.4. The van der Waals surface area contributed by atoms with E-state index in [1.165, 1.54) is 135 Å². The molecule has 0 heterocycles. The van der Waals surface area contributed by atoms with Crippen molar-refractivity contribution >= 4 is 22.5 Å². The van der Waals surface area contributed by atoms with Crippen LogP contribution in [0.3, 0.4) is 0 Å². The van der Waals surface area contributed by atoms with Crippen LogP contribution in [0.1, 0.15) is 149 Å². The summed E-state index contributed by atoms with van der Waals surface area (Å²) in [6.45, 7) is 4.55. The van der Waals surface area contributed by atoms with Gasteiger partial charge in [-0.2, -0.15) is 0 Å². The minimum atomic E-state index is 0.436. The van der Waals surface area contributed by atoms with Crippen LogP contribution in [0.15, 0.2) is 12.2 Å². The molecule has 0 aliphatic carbocycles. The molecule has 2 unspecified atom stereocenters. The molecule has 0 bridgehead atoms. The van der Waals surface area contributed by atoms with Gasteiger partial charge in [-0.15, -0.1) is 11.7 Å². The molecule has 0 aromatic heterocycles. The molecule has 0 amide bonds. The highest BCUT2D eigenvalue weighted by molar-refractivity contribution is 8.68. The van der Waals surface area contributed by atoms with Gasteiger partial charge in [0.25, 0.3) is 0 Å². The van der Waals surface area contributed by atoms with Crippen molar-refractivity contribution in [2.45, 2.75) is 160 Å². The van der Waals surface area contributed by atoms with Gasteiger partial charge in [0.2, 0.25) is 0 Å². The summed E-state index contributed by atoms with van der Waals surface area (Å²) in [5.41, 5.74) is 6.31. The van der Waals surface area contributed by atoms with Crippen molar-refractivity contribution in [1.82, 2.24) is 0 Å². The number of rotatable bonds is 24. The summed E-state index contributed by atoms with van der Waals surface area (Å²) >= 11 is 4.35. The van der Waals surface area contributed by atoms with Crippen molar-refractivity contribution in [2.75, 3.05) is 0 Å². The van der Waals surface area contributed by atoms with Crippen LogP contribution in [0.2, 0.25) is 0 Å². The molecule has 0 fully saturated rings. The number of nitrogens with two attached hydrogens (primary N) is 1. The minimum Gasteiger partial charge on any atom is -0.328 e. The van der Waals surface area contributed by atoms with Gasteiger partial charge < -0.3 is 5.73 Å². The average Bonchev–Trinajstić information content (AvgIpc) is 2.76. The first-order chi connectivity index (χ1) is 14.7. The van der Waals surface area contributed by atoms with Crippen LogP contribution in [0, 0.1) is 0 Å². The van der Waals surface area contributed by atoms with Crippen molar-refractivity contribution < 1.29 is 0 Å². The highest BCUT2D eigenvalue weighted by Crippen LogP contribution is 2.24. The maximum atomic E-state index is 6.31. The van der Waals surface area contributed by atoms with Crippen LogP contribution in [-0.4, -0.2) is 11.3 Å². The molecular formula is C27H55NS2. The fourth-order valence-electron chi connectivity index (χ4n) is 4.09. The Morgan fingerprint density at radius 1 is 0.633 bits per heavy atom. The second-order valence-electron chi connectivity index (χ2n) is 9.26. The second kappa shape index (κ2) is 25.7. The van der Waals surface area contributed by atoms with Crippen molar-refractivity contribution in [1.29, 1.82) is 0 Å². The van der Waals surface area contributed by atoms with E-state index in [2.05, 4.69) is 37.7 Å². The van der Waals surface area contributed by atoms with Crippen molar-refractivity contribution in [2.24, 2.45) is 5.73 Å². The smallest absolute Gasteiger partial charge is 0.0146 e. The zero-order chi connectivity index (χ0) is 22.1. The van der Waals surface area contributed by atoms with Gasteiger partial charge in [-0.05, 0) is 51.4 Å². The van der Waals surface area contributed by atoms with E-state index in [1.807, 2.05) is 0 Å². The van der Waals surface area contributed by atoms with E-state index in [0.717, 1.165) is 5.25 Å². The summed E-state index contributed by atoms with van der Waals surface area (Å²) in [5.74, 6) is 0. The van der Waals surface area contributed by atoms with Gasteiger partial charge in [0.15, 0.2) is 0 Å². The van der Waals surface area contributed by atoms with Crippen LogP contribution in [0.4, 0.5) is 0 Å². The maximum Gasteiger partial charge on any atom is 0.0146 e. The molecule has 0 saturated heterocycles. The zero-order valence-corrected chi connectivity index (χ0v) is 22.3. The number of unbranched alkanes of at least 4 members (excludes halogenated alkanes) is 14. The Kier molecular flexibility index (Phi) is 26.0. The van der Waals surface area contributed by atoms with Gasteiger partial charge in [-0.25, -0.2) is 0 Å². The Balaban J connectivity index is 3.26. The molecule has 0 aromatic carbocycles. The van der Waals surface area contributed by atoms with Crippen molar-refractivity contribution in [3.8, 4) is 0 Å². The largest absolute Gasteiger partial charge is 0.328 e. The standard InChI is InChI=1S/C27H55NS2/c1-3-5-6-7-8-9-10-11-12-13-14-15-16-17-20-23-26(28)24-21-18-19-22-25-27(4-2)30-29/h11-12,26-27,29H,3-10,13-25,28H2,1-2H3. The van der Waals surface area contributed by atoms with Gasteiger partial charge in [0.05, 0.1) is 0 Å². The Morgan fingerprint density at radius 2 is 1.07 bits per heavy atom. The maximum absolute atomic E-state index is 6.31. The summed E-state index contributed by atoms with van der Waals surface area (Å²) < 4.78 is 0. The zero-order valence-electron chi connectivity index (χ0n) is 20.6. The SMILES string of the molecule is CCCCCCCCC=CCCCCCCCC(N)CCCCCCC(CC)SS. The number of allylic oxidation sites excluding steroid dienone is 2. The number of hydrogen-bond acceptors (Lipinski definition) is 3. The molecule has 0 aromatic rings.